The van der Waals surface area contributed by atoms with Crippen LogP contribution in [-0.2, 0) is 0 Å². The molecule has 0 aliphatic heterocycles. The summed E-state index contributed by atoms with van der Waals surface area (Å²) in [6.45, 7) is 11.8. The van der Waals surface area contributed by atoms with Crippen LogP contribution in [0.25, 0.3) is 0 Å². The summed E-state index contributed by atoms with van der Waals surface area (Å²) < 4.78 is 0. The van der Waals surface area contributed by atoms with Gasteiger partial charge in [0.25, 0.3) is 0 Å². The number of thiocarbonyl (C=S) groups is 1. The summed E-state index contributed by atoms with van der Waals surface area (Å²) in [4.78, 5) is 4.86. The van der Waals surface area contributed by atoms with E-state index in [1.807, 2.05) is 19.1 Å². The third-order valence-corrected chi connectivity index (χ3v) is 3.76. The van der Waals surface area contributed by atoms with Crippen LogP contribution >= 0.6 is 12.2 Å². The van der Waals surface area contributed by atoms with E-state index in [1.165, 1.54) is 0 Å². The third-order valence-electron chi connectivity index (χ3n) is 3.53. The van der Waals surface area contributed by atoms with Crippen LogP contribution < -0.4 is 11.1 Å². The van der Waals surface area contributed by atoms with Crippen molar-refractivity contribution in [3.8, 4) is 0 Å². The maximum atomic E-state index is 5.66. The Kier molecular flexibility index (Phi) is 4.68. The molecule has 3 N–H and O–H groups in total. The van der Waals surface area contributed by atoms with Crippen LogP contribution in [0.2, 0.25) is 0 Å². The predicted octanol–water partition coefficient (Wildman–Crippen LogP) is 3.12. The summed E-state index contributed by atoms with van der Waals surface area (Å²) in [6, 6.07) is 3.81. The molecule has 1 heterocycles. The molecule has 0 unspecified atom stereocenters. The van der Waals surface area contributed by atoms with E-state index in [0.717, 1.165) is 23.6 Å². The van der Waals surface area contributed by atoms with Crippen molar-refractivity contribution in [2.24, 2.45) is 17.1 Å². The lowest BCUT2D eigenvalue weighted by molar-refractivity contribution is 0.269. The van der Waals surface area contributed by atoms with Crippen LogP contribution in [0.3, 0.4) is 0 Å². The molecular weight excluding hydrogens is 242 g/mol. The van der Waals surface area contributed by atoms with Crippen LogP contribution in [-0.4, -0.2) is 16.5 Å². The van der Waals surface area contributed by atoms with E-state index in [2.05, 4.69) is 38.0 Å². The van der Waals surface area contributed by atoms with Gasteiger partial charge in [-0.25, -0.2) is 4.98 Å². The fourth-order valence-corrected chi connectivity index (χ4v) is 1.54. The molecule has 1 rings (SSSR count). The Morgan fingerprint density at radius 3 is 2.56 bits per heavy atom. The number of rotatable bonds is 5. The van der Waals surface area contributed by atoms with Crippen LogP contribution in [0.15, 0.2) is 12.1 Å². The Morgan fingerprint density at radius 2 is 2.06 bits per heavy atom. The van der Waals surface area contributed by atoms with Crippen LogP contribution in [0, 0.1) is 18.3 Å². The predicted molar refractivity (Wildman–Crippen MR) is 82.0 cm³/mol. The molecule has 0 aliphatic rings. The van der Waals surface area contributed by atoms with Crippen molar-refractivity contribution < 1.29 is 0 Å². The van der Waals surface area contributed by atoms with E-state index in [4.69, 9.17) is 18.0 Å². The van der Waals surface area contributed by atoms with Gasteiger partial charge >= 0.3 is 0 Å². The fraction of sp³-hybridized carbons (Fsp3) is 0.571. The molecule has 0 amide bonds. The van der Waals surface area contributed by atoms with E-state index in [1.54, 1.807) is 0 Å². The molecule has 0 aliphatic carbocycles. The van der Waals surface area contributed by atoms with Gasteiger partial charge in [-0.3, -0.25) is 0 Å². The Morgan fingerprint density at radius 1 is 1.44 bits per heavy atom. The summed E-state index contributed by atoms with van der Waals surface area (Å²) in [5, 5.41) is 3.38. The molecule has 0 spiro atoms. The molecule has 1 aromatic heterocycles. The second-order valence-electron chi connectivity index (χ2n) is 5.74. The zero-order valence-electron chi connectivity index (χ0n) is 11.9. The zero-order chi connectivity index (χ0) is 13.9. The van der Waals surface area contributed by atoms with Crippen LogP contribution in [0.4, 0.5) is 5.82 Å². The number of nitrogens with one attached hydrogen (secondary N) is 1. The van der Waals surface area contributed by atoms with Gasteiger partial charge in [0, 0.05) is 17.8 Å². The number of nitrogens with zero attached hydrogens (tertiary/aromatic N) is 1. The molecule has 0 atom stereocenters. The molecule has 0 saturated heterocycles. The van der Waals surface area contributed by atoms with E-state index in [0.29, 0.717) is 10.9 Å². The average Bonchev–Trinajstić information content (AvgIpc) is 2.25. The molecule has 1 aromatic rings. The second-order valence-corrected chi connectivity index (χ2v) is 6.18. The molecule has 0 fully saturated rings. The molecule has 100 valence electrons. The van der Waals surface area contributed by atoms with Gasteiger partial charge in [-0.1, -0.05) is 39.9 Å². The fourth-order valence-electron chi connectivity index (χ4n) is 1.42. The van der Waals surface area contributed by atoms with Crippen molar-refractivity contribution in [3.63, 3.8) is 0 Å². The average molecular weight is 265 g/mol. The smallest absolute Gasteiger partial charge is 0.126 e. The number of nitrogens with two attached hydrogens (primary N) is 1. The van der Waals surface area contributed by atoms with Crippen molar-refractivity contribution in [1.29, 1.82) is 0 Å². The first-order valence-electron chi connectivity index (χ1n) is 6.25. The van der Waals surface area contributed by atoms with Gasteiger partial charge in [-0.15, -0.1) is 0 Å². The van der Waals surface area contributed by atoms with Gasteiger partial charge in [-0.2, -0.15) is 0 Å². The minimum absolute atomic E-state index is 0.217. The molecule has 0 radical (unpaired) electrons. The number of hydrogen-bond donors (Lipinski definition) is 2. The number of aryl methyl sites for hydroxylation is 1. The molecule has 0 bridgehead atoms. The first kappa shape index (κ1) is 14.9. The lowest BCUT2D eigenvalue weighted by Crippen LogP contribution is -2.29. The summed E-state index contributed by atoms with van der Waals surface area (Å²) in [6.07, 6.45) is 0. The van der Waals surface area contributed by atoms with Gasteiger partial charge in [0.1, 0.15) is 10.8 Å². The summed E-state index contributed by atoms with van der Waals surface area (Å²) in [5.41, 5.74) is 7.66. The zero-order valence-corrected chi connectivity index (χ0v) is 12.7. The number of pyridine rings is 1. The van der Waals surface area contributed by atoms with Gasteiger partial charge in [-0.05, 0) is 30.4 Å². The summed E-state index contributed by atoms with van der Waals surface area (Å²) in [5.74, 6) is 1.44. The third kappa shape index (κ3) is 3.95. The van der Waals surface area contributed by atoms with Gasteiger partial charge in [0.05, 0.1) is 0 Å². The van der Waals surface area contributed by atoms with Gasteiger partial charge < -0.3 is 11.1 Å². The Balaban J connectivity index is 2.83. The highest BCUT2D eigenvalue weighted by Gasteiger charge is 2.22. The quantitative estimate of drug-likeness (QED) is 0.803. The highest BCUT2D eigenvalue weighted by molar-refractivity contribution is 7.80. The Hall–Kier alpha value is -1.16. The van der Waals surface area contributed by atoms with Crippen LogP contribution in [0.5, 0.6) is 0 Å². The molecule has 3 nitrogen and oxygen atoms in total. The first-order chi connectivity index (χ1) is 8.22. The van der Waals surface area contributed by atoms with Crippen molar-refractivity contribution in [2.75, 3.05) is 11.9 Å². The van der Waals surface area contributed by atoms with E-state index < -0.39 is 0 Å². The normalized spacial score (nSPS) is 11.7. The summed E-state index contributed by atoms with van der Waals surface area (Å²) >= 11 is 5.00. The molecule has 4 heteroatoms. The Bertz CT molecular complexity index is 439. The minimum Gasteiger partial charge on any atom is -0.389 e. The maximum Gasteiger partial charge on any atom is 0.126 e. The van der Waals surface area contributed by atoms with Crippen LogP contribution in [0.1, 0.15) is 39.0 Å². The lowest BCUT2D eigenvalue weighted by atomic mass is 9.81. The molecule has 18 heavy (non-hydrogen) atoms. The maximum absolute atomic E-state index is 5.66. The minimum atomic E-state index is 0.217. The number of hydrogen-bond acceptors (Lipinski definition) is 3. The molecule has 0 saturated carbocycles. The Labute approximate surface area is 115 Å². The van der Waals surface area contributed by atoms with E-state index in [-0.39, 0.29) is 5.41 Å². The first-order valence-corrected chi connectivity index (χ1v) is 6.65. The largest absolute Gasteiger partial charge is 0.389 e. The van der Waals surface area contributed by atoms with Gasteiger partial charge in [0.15, 0.2) is 0 Å². The number of aromatic nitrogens is 1. The second kappa shape index (κ2) is 5.65. The standard InChI is InChI=1S/C14H23N3S/c1-9(2)14(4,5)8-16-12-7-11(13(15)18)6-10(3)17-12/h6-7,9H,8H2,1-5H3,(H2,15,18)(H,16,17). The van der Waals surface area contributed by atoms with Crippen molar-refractivity contribution in [3.05, 3.63) is 23.4 Å². The van der Waals surface area contributed by atoms with Gasteiger partial charge in [0.2, 0.25) is 0 Å². The lowest BCUT2D eigenvalue weighted by Gasteiger charge is -2.29. The SMILES string of the molecule is Cc1cc(C(N)=S)cc(NCC(C)(C)C(C)C)n1. The molecular formula is C14H23N3S. The van der Waals surface area contributed by atoms with E-state index in [9.17, 15) is 0 Å². The molecule has 0 aromatic carbocycles. The van der Waals surface area contributed by atoms with Crippen molar-refractivity contribution in [1.82, 2.24) is 4.98 Å². The summed E-state index contributed by atoms with van der Waals surface area (Å²) in [7, 11) is 0. The monoisotopic (exact) mass is 265 g/mol. The van der Waals surface area contributed by atoms with Crippen molar-refractivity contribution >= 4 is 23.0 Å². The topological polar surface area (TPSA) is 50.9 Å². The number of anilines is 1. The van der Waals surface area contributed by atoms with E-state index >= 15 is 0 Å². The highest BCUT2D eigenvalue weighted by atomic mass is 32.1. The highest BCUT2D eigenvalue weighted by Crippen LogP contribution is 2.26. The van der Waals surface area contributed by atoms with Crippen molar-refractivity contribution in [2.45, 2.75) is 34.6 Å².